The Morgan fingerprint density at radius 2 is 1.86 bits per heavy atom. The number of thioether (sulfide) groups is 2. The van der Waals surface area contributed by atoms with Crippen molar-refractivity contribution >= 4 is 45.8 Å². The first-order valence-corrected chi connectivity index (χ1v) is 8.54. The minimum absolute atomic E-state index is 0.123. The predicted molar refractivity (Wildman–Crippen MR) is 82.1 cm³/mol. The molecule has 1 heterocycles. The topological polar surface area (TPSA) is 88.5 Å². The van der Waals surface area contributed by atoms with E-state index in [2.05, 4.69) is 0 Å². The zero-order valence-electron chi connectivity index (χ0n) is 12.3. The number of carbonyl (C=O) groups is 4. The number of carbonyl (C=O) groups excluding carboxylic acids is 3. The summed E-state index contributed by atoms with van der Waals surface area (Å²) in [6.45, 7) is 4.70. The van der Waals surface area contributed by atoms with E-state index in [1.54, 1.807) is 6.92 Å². The van der Waals surface area contributed by atoms with Crippen LogP contribution in [0.3, 0.4) is 0 Å². The first-order chi connectivity index (χ1) is 9.71. The van der Waals surface area contributed by atoms with E-state index in [0.29, 0.717) is 12.8 Å². The number of carboxylic acid groups (broad SMARTS) is 1. The molecule has 2 amide bonds. The van der Waals surface area contributed by atoms with Gasteiger partial charge in [-0.05, 0) is 6.92 Å². The van der Waals surface area contributed by atoms with Gasteiger partial charge in [0.25, 0.3) is 0 Å². The summed E-state index contributed by atoms with van der Waals surface area (Å²) in [4.78, 5) is 46.9. The Morgan fingerprint density at radius 1 is 1.24 bits per heavy atom. The van der Waals surface area contributed by atoms with Gasteiger partial charge in [0, 0.05) is 32.4 Å². The number of likely N-dealkylation sites (tertiary alicyclic amines) is 1. The molecule has 21 heavy (non-hydrogen) atoms. The van der Waals surface area contributed by atoms with Crippen LogP contribution in [0.1, 0.15) is 33.6 Å². The highest BCUT2D eigenvalue weighted by Crippen LogP contribution is 2.32. The van der Waals surface area contributed by atoms with Crippen molar-refractivity contribution in [2.75, 3.05) is 12.3 Å². The minimum Gasteiger partial charge on any atom is -0.435 e. The Bertz CT molecular complexity index is 467. The SMILES string of the molecule is CC(=O)SCC(SC(C)=O)C(=O)[N+]1(C(=O)O)CCC[C@H]1C. The molecule has 1 aliphatic heterocycles. The fourth-order valence-electron chi connectivity index (χ4n) is 2.59. The van der Waals surface area contributed by atoms with Crippen molar-refractivity contribution in [1.29, 1.82) is 0 Å². The van der Waals surface area contributed by atoms with Crippen molar-refractivity contribution in [2.45, 2.75) is 44.9 Å². The number of hydrogen-bond donors (Lipinski definition) is 1. The van der Waals surface area contributed by atoms with Crippen LogP contribution in [-0.4, -0.2) is 55.4 Å². The van der Waals surface area contributed by atoms with Gasteiger partial charge >= 0.3 is 12.0 Å². The second kappa shape index (κ2) is 7.42. The first kappa shape index (κ1) is 18.2. The average Bonchev–Trinajstić information content (AvgIpc) is 2.75. The normalized spacial score (nSPS) is 26.3. The molecule has 0 aromatic carbocycles. The van der Waals surface area contributed by atoms with Crippen molar-refractivity contribution in [2.24, 2.45) is 0 Å². The molecule has 1 aliphatic rings. The van der Waals surface area contributed by atoms with Gasteiger partial charge in [-0.15, -0.1) is 0 Å². The number of nitrogens with zero attached hydrogens (tertiary/aromatic N) is 1. The lowest BCUT2D eigenvalue weighted by Crippen LogP contribution is -2.61. The zero-order chi connectivity index (χ0) is 16.2. The summed E-state index contributed by atoms with van der Waals surface area (Å²) in [5, 5.41) is 8.32. The van der Waals surface area contributed by atoms with Gasteiger partial charge in [0.15, 0.2) is 10.2 Å². The molecule has 0 spiro atoms. The van der Waals surface area contributed by atoms with E-state index >= 15 is 0 Å². The molecule has 0 saturated carbocycles. The third kappa shape index (κ3) is 4.08. The molecular weight excluding hydrogens is 314 g/mol. The van der Waals surface area contributed by atoms with Crippen molar-refractivity contribution in [3.8, 4) is 0 Å². The lowest BCUT2D eigenvalue weighted by Gasteiger charge is -2.32. The maximum absolute atomic E-state index is 12.8. The Labute approximate surface area is 132 Å². The summed E-state index contributed by atoms with van der Waals surface area (Å²) >= 11 is 1.76. The fraction of sp³-hybridized carbons (Fsp3) is 0.692. The van der Waals surface area contributed by atoms with Gasteiger partial charge in [-0.1, -0.05) is 23.5 Å². The number of rotatable bonds is 4. The molecule has 1 rings (SSSR count). The molecule has 0 aromatic heterocycles. The Balaban J connectivity index is 3.03. The lowest BCUT2D eigenvalue weighted by molar-refractivity contribution is -0.792. The molecule has 3 atom stereocenters. The van der Waals surface area contributed by atoms with Crippen molar-refractivity contribution in [3.63, 3.8) is 0 Å². The summed E-state index contributed by atoms with van der Waals surface area (Å²) in [6.07, 6.45) is 0.151. The summed E-state index contributed by atoms with van der Waals surface area (Å²) in [5.41, 5.74) is 0. The van der Waals surface area contributed by atoms with Crippen LogP contribution < -0.4 is 0 Å². The molecule has 118 valence electrons. The standard InChI is InChI=1S/C13H19NO5S2/c1-8-5-4-6-14(8,13(18)19)12(17)11(21-10(3)16)7-20-9(2)15/h8,11H,4-7H2,1-3H3/p+1/t8-,11?,14?/m1/s1. The second-order valence-corrected chi connectivity index (χ2v) is 7.68. The molecule has 2 unspecified atom stereocenters. The van der Waals surface area contributed by atoms with Crippen LogP contribution in [-0.2, 0) is 14.4 Å². The van der Waals surface area contributed by atoms with Crippen LogP contribution in [0.15, 0.2) is 0 Å². The van der Waals surface area contributed by atoms with E-state index in [1.165, 1.54) is 13.8 Å². The maximum atomic E-state index is 12.8. The lowest BCUT2D eigenvalue weighted by atomic mass is 10.2. The largest absolute Gasteiger partial charge is 0.521 e. The average molecular weight is 334 g/mol. The van der Waals surface area contributed by atoms with E-state index in [0.717, 1.165) is 23.5 Å². The van der Waals surface area contributed by atoms with Gasteiger partial charge in [0.05, 0.1) is 6.54 Å². The third-order valence-corrected chi connectivity index (χ3v) is 5.74. The Hall–Kier alpha value is -0.860. The highest BCUT2D eigenvalue weighted by molar-refractivity contribution is 8.17. The molecular formula is C13H20NO5S2+. The van der Waals surface area contributed by atoms with Crippen LogP contribution in [0.4, 0.5) is 4.79 Å². The monoisotopic (exact) mass is 334 g/mol. The van der Waals surface area contributed by atoms with E-state index in [9.17, 15) is 24.3 Å². The summed E-state index contributed by atoms with van der Waals surface area (Å²) in [6, 6.07) is -0.313. The van der Waals surface area contributed by atoms with Crippen molar-refractivity contribution in [3.05, 3.63) is 0 Å². The third-order valence-electron chi connectivity index (χ3n) is 3.64. The van der Waals surface area contributed by atoms with Crippen LogP contribution in [0.2, 0.25) is 0 Å². The van der Waals surface area contributed by atoms with E-state index in [1.807, 2.05) is 0 Å². The van der Waals surface area contributed by atoms with E-state index in [4.69, 9.17) is 0 Å². The number of amides is 2. The van der Waals surface area contributed by atoms with Crippen LogP contribution in [0, 0.1) is 0 Å². The van der Waals surface area contributed by atoms with Gasteiger partial charge in [0.1, 0.15) is 11.3 Å². The van der Waals surface area contributed by atoms with E-state index < -0.39 is 21.7 Å². The zero-order valence-corrected chi connectivity index (χ0v) is 14.0. The first-order valence-electron chi connectivity index (χ1n) is 6.68. The smallest absolute Gasteiger partial charge is 0.435 e. The number of quaternary nitrogens is 1. The van der Waals surface area contributed by atoms with Gasteiger partial charge in [0.2, 0.25) is 0 Å². The fourth-order valence-corrected chi connectivity index (χ4v) is 4.28. The molecule has 0 bridgehead atoms. The molecule has 0 aliphatic carbocycles. The minimum atomic E-state index is -1.17. The van der Waals surface area contributed by atoms with Gasteiger partial charge in [-0.25, -0.2) is 4.79 Å². The maximum Gasteiger partial charge on any atom is 0.521 e. The summed E-state index contributed by atoms with van der Waals surface area (Å²) in [5.74, 6) is -0.361. The van der Waals surface area contributed by atoms with E-state index in [-0.39, 0.29) is 28.6 Å². The molecule has 6 nitrogen and oxygen atoms in total. The highest BCUT2D eigenvalue weighted by Gasteiger charge is 2.55. The summed E-state index contributed by atoms with van der Waals surface area (Å²) < 4.78 is -0.636. The second-order valence-electron chi connectivity index (χ2n) is 5.11. The van der Waals surface area contributed by atoms with Crippen molar-refractivity contribution in [1.82, 2.24) is 0 Å². The molecule has 0 radical (unpaired) electrons. The molecule has 0 aromatic rings. The quantitative estimate of drug-likeness (QED) is 0.788. The molecule has 1 saturated heterocycles. The van der Waals surface area contributed by atoms with Crippen LogP contribution in [0.5, 0.6) is 0 Å². The predicted octanol–water partition coefficient (Wildman–Crippen LogP) is 2.12. The van der Waals surface area contributed by atoms with Crippen molar-refractivity contribution < 1.29 is 28.8 Å². The Morgan fingerprint density at radius 3 is 2.24 bits per heavy atom. The summed E-state index contributed by atoms with van der Waals surface area (Å²) in [7, 11) is 0. The van der Waals surface area contributed by atoms with Gasteiger partial charge in [-0.3, -0.25) is 9.59 Å². The molecule has 1 N–H and O–H groups in total. The number of imide groups is 1. The number of hydrogen-bond acceptors (Lipinski definition) is 6. The van der Waals surface area contributed by atoms with Gasteiger partial charge < -0.3 is 5.11 Å². The molecule has 1 fully saturated rings. The van der Waals surface area contributed by atoms with Crippen LogP contribution >= 0.6 is 23.5 Å². The Kier molecular flexibility index (Phi) is 6.42. The molecule has 8 heteroatoms. The highest BCUT2D eigenvalue weighted by atomic mass is 32.2. The van der Waals surface area contributed by atoms with Gasteiger partial charge in [-0.2, -0.15) is 9.28 Å². The van der Waals surface area contributed by atoms with Crippen LogP contribution in [0.25, 0.3) is 0 Å².